The topological polar surface area (TPSA) is 68.3 Å². The molecule has 6 heteroatoms. The first-order chi connectivity index (χ1) is 15.0. The van der Waals surface area contributed by atoms with E-state index in [9.17, 15) is 14.0 Å². The third-order valence-corrected chi connectivity index (χ3v) is 4.79. The molecule has 154 valence electrons. The van der Waals surface area contributed by atoms with Crippen LogP contribution in [-0.2, 0) is 9.53 Å². The lowest BCUT2D eigenvalue weighted by Gasteiger charge is -2.15. The number of nitrogens with zero attached hydrogens (tertiary/aromatic N) is 1. The molecule has 4 aromatic rings. The van der Waals surface area contributed by atoms with Crippen molar-refractivity contribution in [2.24, 2.45) is 0 Å². The summed E-state index contributed by atoms with van der Waals surface area (Å²) in [6.07, 6.45) is -1.13. The van der Waals surface area contributed by atoms with E-state index in [1.165, 1.54) is 25.1 Å². The van der Waals surface area contributed by atoms with Gasteiger partial charge in [0, 0.05) is 10.9 Å². The van der Waals surface area contributed by atoms with Gasteiger partial charge < -0.3 is 10.1 Å². The van der Waals surface area contributed by atoms with E-state index < -0.39 is 23.8 Å². The van der Waals surface area contributed by atoms with Crippen molar-refractivity contribution in [3.8, 4) is 11.3 Å². The van der Waals surface area contributed by atoms with Crippen LogP contribution in [0.1, 0.15) is 17.3 Å². The van der Waals surface area contributed by atoms with Gasteiger partial charge in [0.1, 0.15) is 5.82 Å². The number of halogens is 1. The van der Waals surface area contributed by atoms with Gasteiger partial charge >= 0.3 is 5.97 Å². The molecular weight excluding hydrogens is 395 g/mol. The number of benzene rings is 3. The van der Waals surface area contributed by atoms with Crippen LogP contribution in [0.15, 0.2) is 84.9 Å². The Morgan fingerprint density at radius 3 is 2.39 bits per heavy atom. The molecule has 0 bridgehead atoms. The van der Waals surface area contributed by atoms with Crippen LogP contribution in [0.5, 0.6) is 0 Å². The molecule has 0 aliphatic carbocycles. The fraction of sp³-hybridized carbons (Fsp3) is 0.0800. The van der Waals surface area contributed by atoms with Crippen molar-refractivity contribution < 1.29 is 18.7 Å². The Labute approximate surface area is 178 Å². The second-order valence-electron chi connectivity index (χ2n) is 6.95. The third kappa shape index (κ3) is 4.43. The second-order valence-corrected chi connectivity index (χ2v) is 6.95. The maximum Gasteiger partial charge on any atom is 0.339 e. The van der Waals surface area contributed by atoms with Gasteiger partial charge in [0.2, 0.25) is 0 Å². The molecule has 0 radical (unpaired) electrons. The van der Waals surface area contributed by atoms with Crippen molar-refractivity contribution in [2.45, 2.75) is 13.0 Å². The minimum Gasteiger partial charge on any atom is -0.449 e. The molecule has 0 unspecified atom stereocenters. The number of rotatable bonds is 5. The molecule has 31 heavy (non-hydrogen) atoms. The molecule has 4 rings (SSSR count). The minimum absolute atomic E-state index is 0.0242. The van der Waals surface area contributed by atoms with Crippen LogP contribution in [0, 0.1) is 5.82 Å². The molecule has 1 heterocycles. The Bertz CT molecular complexity index is 1260. The second kappa shape index (κ2) is 8.75. The van der Waals surface area contributed by atoms with Crippen LogP contribution in [0.2, 0.25) is 0 Å². The predicted molar refractivity (Wildman–Crippen MR) is 117 cm³/mol. The van der Waals surface area contributed by atoms with E-state index in [-0.39, 0.29) is 5.69 Å². The van der Waals surface area contributed by atoms with Crippen LogP contribution in [0.3, 0.4) is 0 Å². The molecule has 0 spiro atoms. The maximum absolute atomic E-state index is 13.8. The average Bonchev–Trinajstić information content (AvgIpc) is 2.80. The van der Waals surface area contributed by atoms with Crippen LogP contribution in [-0.4, -0.2) is 23.0 Å². The quantitative estimate of drug-likeness (QED) is 0.455. The van der Waals surface area contributed by atoms with Crippen LogP contribution >= 0.6 is 0 Å². The first-order valence-electron chi connectivity index (χ1n) is 9.74. The predicted octanol–water partition coefficient (Wildman–Crippen LogP) is 5.22. The largest absolute Gasteiger partial charge is 0.449 e. The van der Waals surface area contributed by atoms with E-state index in [1.54, 1.807) is 24.3 Å². The van der Waals surface area contributed by atoms with Crippen molar-refractivity contribution in [1.82, 2.24) is 4.98 Å². The molecule has 1 aromatic heterocycles. The number of para-hydroxylation sites is 2. The summed E-state index contributed by atoms with van der Waals surface area (Å²) in [5.41, 5.74) is 2.44. The highest BCUT2D eigenvalue weighted by Gasteiger charge is 2.22. The Kier molecular flexibility index (Phi) is 5.71. The highest BCUT2D eigenvalue weighted by molar-refractivity contribution is 6.06. The van der Waals surface area contributed by atoms with Crippen molar-refractivity contribution in [3.05, 3.63) is 96.3 Å². The number of fused-ring (bicyclic) bond motifs is 1. The summed E-state index contributed by atoms with van der Waals surface area (Å²) in [6.45, 7) is 1.44. The van der Waals surface area contributed by atoms with Crippen LogP contribution < -0.4 is 5.32 Å². The van der Waals surface area contributed by atoms with Gasteiger partial charge in [-0.25, -0.2) is 14.2 Å². The average molecular weight is 414 g/mol. The summed E-state index contributed by atoms with van der Waals surface area (Å²) in [5.74, 6) is -1.85. The van der Waals surface area contributed by atoms with Crippen LogP contribution in [0.4, 0.5) is 10.1 Å². The van der Waals surface area contributed by atoms with Gasteiger partial charge in [-0.05, 0) is 31.2 Å². The molecule has 1 atom stereocenters. The first-order valence-corrected chi connectivity index (χ1v) is 9.74. The van der Waals surface area contributed by atoms with E-state index in [0.717, 1.165) is 5.56 Å². The zero-order valence-corrected chi connectivity index (χ0v) is 16.7. The monoisotopic (exact) mass is 414 g/mol. The van der Waals surface area contributed by atoms with E-state index in [2.05, 4.69) is 10.3 Å². The lowest BCUT2D eigenvalue weighted by atomic mass is 10.0. The highest BCUT2D eigenvalue weighted by Crippen LogP contribution is 2.25. The van der Waals surface area contributed by atoms with Gasteiger partial charge in [-0.3, -0.25) is 4.79 Å². The number of anilines is 1. The van der Waals surface area contributed by atoms with Crippen LogP contribution in [0.25, 0.3) is 22.2 Å². The molecule has 0 fully saturated rings. The van der Waals surface area contributed by atoms with Gasteiger partial charge in [0.05, 0.1) is 22.5 Å². The normalized spacial score (nSPS) is 11.7. The zero-order chi connectivity index (χ0) is 21.8. The number of ether oxygens (including phenoxy) is 1. The number of hydrogen-bond acceptors (Lipinski definition) is 4. The third-order valence-electron chi connectivity index (χ3n) is 4.79. The fourth-order valence-electron chi connectivity index (χ4n) is 3.18. The molecule has 1 amide bonds. The van der Waals surface area contributed by atoms with E-state index in [1.807, 2.05) is 42.5 Å². The number of pyridine rings is 1. The van der Waals surface area contributed by atoms with E-state index in [4.69, 9.17) is 4.74 Å². The molecule has 0 saturated heterocycles. The highest BCUT2D eigenvalue weighted by atomic mass is 19.1. The zero-order valence-electron chi connectivity index (χ0n) is 16.7. The van der Waals surface area contributed by atoms with Crippen molar-refractivity contribution in [2.75, 3.05) is 5.32 Å². The lowest BCUT2D eigenvalue weighted by Crippen LogP contribution is -2.30. The van der Waals surface area contributed by atoms with Gasteiger partial charge in [-0.1, -0.05) is 60.7 Å². The summed E-state index contributed by atoms with van der Waals surface area (Å²) in [7, 11) is 0. The van der Waals surface area contributed by atoms with Crippen molar-refractivity contribution in [3.63, 3.8) is 0 Å². The lowest BCUT2D eigenvalue weighted by molar-refractivity contribution is -0.123. The van der Waals surface area contributed by atoms with Crippen molar-refractivity contribution >= 4 is 28.5 Å². The van der Waals surface area contributed by atoms with Gasteiger partial charge in [-0.15, -0.1) is 0 Å². The molecule has 0 aliphatic heterocycles. The summed E-state index contributed by atoms with van der Waals surface area (Å²) in [5, 5.41) is 3.06. The molecular formula is C25H19FN2O3. The summed E-state index contributed by atoms with van der Waals surface area (Å²) in [6, 6.07) is 24.1. The Morgan fingerprint density at radius 2 is 1.61 bits per heavy atom. The summed E-state index contributed by atoms with van der Waals surface area (Å²) in [4.78, 5) is 30.0. The Balaban J connectivity index is 1.61. The van der Waals surface area contributed by atoms with E-state index >= 15 is 0 Å². The number of nitrogens with one attached hydrogen (secondary N) is 1. The summed E-state index contributed by atoms with van der Waals surface area (Å²) < 4.78 is 19.2. The van der Waals surface area contributed by atoms with E-state index in [0.29, 0.717) is 22.2 Å². The molecule has 3 aromatic carbocycles. The number of esters is 1. The standard InChI is InChI=1S/C25H19FN2O3/c1-16(24(29)28-22-14-8-6-12-20(22)26)31-25(30)19-15-23(17-9-3-2-4-10-17)27-21-13-7-5-11-18(19)21/h2-16H,1H3,(H,28,29)/t16-/m0/s1. The van der Waals surface area contributed by atoms with Gasteiger partial charge in [0.15, 0.2) is 6.10 Å². The Morgan fingerprint density at radius 1 is 0.935 bits per heavy atom. The number of hydrogen-bond donors (Lipinski definition) is 1. The maximum atomic E-state index is 13.8. The SMILES string of the molecule is C[C@H](OC(=O)c1cc(-c2ccccc2)nc2ccccc12)C(=O)Nc1ccccc1F. The molecule has 5 nitrogen and oxygen atoms in total. The molecule has 0 aliphatic rings. The number of carbonyl (C=O) groups excluding carboxylic acids is 2. The Hall–Kier alpha value is -4.06. The van der Waals surface area contributed by atoms with Crippen molar-refractivity contribution in [1.29, 1.82) is 0 Å². The molecule has 1 N–H and O–H groups in total. The number of amides is 1. The number of aromatic nitrogens is 1. The fourth-order valence-corrected chi connectivity index (χ4v) is 3.18. The number of carbonyl (C=O) groups is 2. The van der Waals surface area contributed by atoms with Gasteiger partial charge in [0.25, 0.3) is 5.91 Å². The summed E-state index contributed by atoms with van der Waals surface area (Å²) >= 11 is 0. The first kappa shape index (κ1) is 20.2. The van der Waals surface area contributed by atoms with Gasteiger partial charge in [-0.2, -0.15) is 0 Å². The smallest absolute Gasteiger partial charge is 0.339 e. The molecule has 0 saturated carbocycles. The minimum atomic E-state index is -1.13.